The number of hydrogen-bond acceptors (Lipinski definition) is 2. The lowest BCUT2D eigenvalue weighted by molar-refractivity contribution is 0.564. The first-order chi connectivity index (χ1) is 7.25. The van der Waals surface area contributed by atoms with Crippen LogP contribution in [0.1, 0.15) is 25.8 Å². The van der Waals surface area contributed by atoms with Gasteiger partial charge in [-0.15, -0.1) is 11.8 Å². The van der Waals surface area contributed by atoms with Gasteiger partial charge in [-0.2, -0.15) is 0 Å². The molecule has 0 spiro atoms. The van der Waals surface area contributed by atoms with Crippen LogP contribution in [0.4, 0.5) is 0 Å². The molecule has 82 valence electrons. The standard InChI is InChI=1S/C13H19NS/c1-10(2)14-8-7-12-9-11-5-3-4-6-13(11)15-12/h3-6,10,12,14H,7-9H2,1-2H3. The number of hydrogen-bond donors (Lipinski definition) is 1. The Labute approximate surface area is 96.7 Å². The fourth-order valence-electron chi connectivity index (χ4n) is 1.95. The van der Waals surface area contributed by atoms with Crippen LogP contribution in [0.3, 0.4) is 0 Å². The Morgan fingerprint density at radius 3 is 2.93 bits per heavy atom. The summed E-state index contributed by atoms with van der Waals surface area (Å²) >= 11 is 2.05. The zero-order valence-electron chi connectivity index (χ0n) is 9.49. The lowest BCUT2D eigenvalue weighted by Gasteiger charge is -2.11. The van der Waals surface area contributed by atoms with E-state index in [1.807, 2.05) is 11.8 Å². The molecule has 0 saturated heterocycles. The van der Waals surface area contributed by atoms with E-state index in [0.717, 1.165) is 11.8 Å². The van der Waals surface area contributed by atoms with E-state index in [-0.39, 0.29) is 0 Å². The van der Waals surface area contributed by atoms with Gasteiger partial charge in [0, 0.05) is 16.2 Å². The molecule has 0 amide bonds. The molecule has 1 aromatic carbocycles. The number of thioether (sulfide) groups is 1. The van der Waals surface area contributed by atoms with Gasteiger partial charge >= 0.3 is 0 Å². The van der Waals surface area contributed by atoms with E-state index in [4.69, 9.17) is 0 Å². The maximum Gasteiger partial charge on any atom is 0.0147 e. The Balaban J connectivity index is 1.80. The summed E-state index contributed by atoms with van der Waals surface area (Å²) in [5.74, 6) is 0. The molecule has 1 aliphatic rings. The van der Waals surface area contributed by atoms with Gasteiger partial charge in [0.25, 0.3) is 0 Å². The normalized spacial score (nSPS) is 19.5. The van der Waals surface area contributed by atoms with Crippen molar-refractivity contribution in [2.75, 3.05) is 6.54 Å². The van der Waals surface area contributed by atoms with E-state index in [1.54, 1.807) is 0 Å². The molecule has 2 rings (SSSR count). The number of rotatable bonds is 4. The highest BCUT2D eigenvalue weighted by Gasteiger charge is 2.20. The van der Waals surface area contributed by atoms with E-state index in [9.17, 15) is 0 Å². The van der Waals surface area contributed by atoms with Gasteiger partial charge in [0.2, 0.25) is 0 Å². The van der Waals surface area contributed by atoms with Crippen molar-refractivity contribution < 1.29 is 0 Å². The first-order valence-electron chi connectivity index (χ1n) is 5.73. The van der Waals surface area contributed by atoms with Gasteiger partial charge in [0.15, 0.2) is 0 Å². The number of nitrogens with one attached hydrogen (secondary N) is 1. The average molecular weight is 221 g/mol. The summed E-state index contributed by atoms with van der Waals surface area (Å²) < 4.78 is 0. The lowest BCUT2D eigenvalue weighted by Crippen LogP contribution is -2.25. The third-order valence-corrected chi connectivity index (χ3v) is 4.12. The van der Waals surface area contributed by atoms with Gasteiger partial charge in [0.05, 0.1) is 0 Å². The lowest BCUT2D eigenvalue weighted by atomic mass is 10.1. The Kier molecular flexibility index (Phi) is 3.71. The van der Waals surface area contributed by atoms with Crippen LogP contribution < -0.4 is 5.32 Å². The minimum absolute atomic E-state index is 0.610. The summed E-state index contributed by atoms with van der Waals surface area (Å²) in [7, 11) is 0. The van der Waals surface area contributed by atoms with Gasteiger partial charge in [-0.25, -0.2) is 0 Å². The third kappa shape index (κ3) is 2.99. The van der Waals surface area contributed by atoms with E-state index in [1.165, 1.54) is 23.3 Å². The molecule has 1 aromatic rings. The molecular weight excluding hydrogens is 202 g/mol. The van der Waals surface area contributed by atoms with Crippen LogP contribution in [0.15, 0.2) is 29.2 Å². The smallest absolute Gasteiger partial charge is 0.0147 e. The molecule has 1 N–H and O–H groups in total. The summed E-state index contributed by atoms with van der Waals surface area (Å²) in [5.41, 5.74) is 1.54. The van der Waals surface area contributed by atoms with Crippen LogP contribution in [0.25, 0.3) is 0 Å². The molecule has 0 radical (unpaired) electrons. The summed E-state index contributed by atoms with van der Waals surface area (Å²) in [6.07, 6.45) is 2.53. The van der Waals surface area contributed by atoms with Crippen molar-refractivity contribution in [3.8, 4) is 0 Å². The molecule has 1 unspecified atom stereocenters. The Morgan fingerprint density at radius 2 is 2.20 bits per heavy atom. The fourth-order valence-corrected chi connectivity index (χ4v) is 3.27. The van der Waals surface area contributed by atoms with Gasteiger partial charge in [-0.05, 0) is 31.0 Å². The Bertz CT molecular complexity index is 297. The third-order valence-electron chi connectivity index (χ3n) is 2.73. The van der Waals surface area contributed by atoms with Gasteiger partial charge in [0.1, 0.15) is 0 Å². The highest BCUT2D eigenvalue weighted by Crippen LogP contribution is 2.37. The minimum atomic E-state index is 0.610. The summed E-state index contributed by atoms with van der Waals surface area (Å²) in [4.78, 5) is 1.49. The van der Waals surface area contributed by atoms with Crippen LogP contribution in [0.2, 0.25) is 0 Å². The van der Waals surface area contributed by atoms with Crippen LogP contribution >= 0.6 is 11.8 Å². The summed E-state index contributed by atoms with van der Waals surface area (Å²) in [6.45, 7) is 5.55. The van der Waals surface area contributed by atoms with Crippen LogP contribution in [-0.2, 0) is 6.42 Å². The monoisotopic (exact) mass is 221 g/mol. The molecule has 1 atom stereocenters. The topological polar surface area (TPSA) is 12.0 Å². The van der Waals surface area contributed by atoms with Crippen molar-refractivity contribution in [2.45, 2.75) is 42.9 Å². The second-order valence-corrected chi connectivity index (χ2v) is 5.79. The quantitative estimate of drug-likeness (QED) is 0.838. The van der Waals surface area contributed by atoms with E-state index >= 15 is 0 Å². The van der Waals surface area contributed by atoms with E-state index < -0.39 is 0 Å². The second-order valence-electron chi connectivity index (χ2n) is 4.45. The van der Waals surface area contributed by atoms with Crippen molar-refractivity contribution in [3.63, 3.8) is 0 Å². The van der Waals surface area contributed by atoms with Crippen molar-refractivity contribution in [3.05, 3.63) is 29.8 Å². The first kappa shape index (κ1) is 11.0. The van der Waals surface area contributed by atoms with Crippen LogP contribution in [0.5, 0.6) is 0 Å². The fraction of sp³-hybridized carbons (Fsp3) is 0.538. The molecule has 1 nitrogen and oxygen atoms in total. The summed E-state index contributed by atoms with van der Waals surface area (Å²) in [5, 5.41) is 4.27. The van der Waals surface area contributed by atoms with Crippen molar-refractivity contribution in [1.29, 1.82) is 0 Å². The second kappa shape index (κ2) is 5.04. The number of benzene rings is 1. The zero-order valence-corrected chi connectivity index (χ0v) is 10.3. The van der Waals surface area contributed by atoms with Crippen LogP contribution in [0, 0.1) is 0 Å². The molecule has 0 bridgehead atoms. The minimum Gasteiger partial charge on any atom is -0.314 e. The summed E-state index contributed by atoms with van der Waals surface area (Å²) in [6, 6.07) is 9.40. The molecule has 0 saturated carbocycles. The molecule has 15 heavy (non-hydrogen) atoms. The predicted octanol–water partition coefficient (Wildman–Crippen LogP) is 3.09. The zero-order chi connectivity index (χ0) is 10.7. The molecule has 0 fully saturated rings. The molecular formula is C13H19NS. The van der Waals surface area contributed by atoms with Crippen molar-refractivity contribution in [1.82, 2.24) is 5.32 Å². The predicted molar refractivity (Wildman–Crippen MR) is 67.5 cm³/mol. The van der Waals surface area contributed by atoms with Crippen molar-refractivity contribution >= 4 is 11.8 Å². The highest BCUT2D eigenvalue weighted by atomic mass is 32.2. The van der Waals surface area contributed by atoms with Crippen LogP contribution in [-0.4, -0.2) is 17.8 Å². The largest absolute Gasteiger partial charge is 0.314 e. The molecule has 0 aromatic heterocycles. The van der Waals surface area contributed by atoms with E-state index in [0.29, 0.717) is 6.04 Å². The number of fused-ring (bicyclic) bond motifs is 1. The molecule has 1 heterocycles. The van der Waals surface area contributed by atoms with Gasteiger partial charge in [-0.1, -0.05) is 32.0 Å². The maximum absolute atomic E-state index is 3.49. The van der Waals surface area contributed by atoms with Gasteiger partial charge < -0.3 is 5.32 Å². The van der Waals surface area contributed by atoms with Crippen molar-refractivity contribution in [2.24, 2.45) is 0 Å². The first-order valence-corrected chi connectivity index (χ1v) is 6.61. The highest BCUT2D eigenvalue weighted by molar-refractivity contribution is 8.00. The molecule has 2 heteroatoms. The Hall–Kier alpha value is -0.470. The van der Waals surface area contributed by atoms with Gasteiger partial charge in [-0.3, -0.25) is 0 Å². The van der Waals surface area contributed by atoms with E-state index in [2.05, 4.69) is 43.4 Å². The SMILES string of the molecule is CC(C)NCCC1Cc2ccccc2S1. The Morgan fingerprint density at radius 1 is 1.40 bits per heavy atom. The average Bonchev–Trinajstić information content (AvgIpc) is 2.59. The molecule has 1 aliphatic heterocycles. The molecule has 0 aliphatic carbocycles. The maximum atomic E-state index is 3.49.